The number of likely N-dealkylation sites (N-methyl/N-ethyl adjacent to an activating group) is 1. The standard InChI is InChI=1S/C17H20N4O4S/c1-10-5-6-12(25-10)17(2)15(23)21(16(24)19-17)8-11-9-26-13(18-11)7-14(22)20(3)4/h5-6,9H,7-8H2,1-4H3,(H,19,24). The van der Waals surface area contributed by atoms with E-state index < -0.39 is 17.5 Å². The second-order valence-corrected chi connectivity index (χ2v) is 7.50. The molecule has 2 aromatic rings. The molecule has 8 nitrogen and oxygen atoms in total. The summed E-state index contributed by atoms with van der Waals surface area (Å²) in [4.78, 5) is 43.9. The van der Waals surface area contributed by atoms with Crippen molar-refractivity contribution in [2.75, 3.05) is 14.1 Å². The van der Waals surface area contributed by atoms with Crippen molar-refractivity contribution >= 4 is 29.2 Å². The highest BCUT2D eigenvalue weighted by Crippen LogP contribution is 2.31. The van der Waals surface area contributed by atoms with E-state index in [1.54, 1.807) is 45.5 Å². The van der Waals surface area contributed by atoms with E-state index in [2.05, 4.69) is 10.3 Å². The fraction of sp³-hybridized carbons (Fsp3) is 0.412. The third kappa shape index (κ3) is 3.22. The van der Waals surface area contributed by atoms with Crippen LogP contribution >= 0.6 is 11.3 Å². The van der Waals surface area contributed by atoms with Crippen LogP contribution in [-0.2, 0) is 28.1 Å². The van der Waals surface area contributed by atoms with Gasteiger partial charge in [0.25, 0.3) is 5.91 Å². The molecule has 0 bridgehead atoms. The molecule has 1 fully saturated rings. The summed E-state index contributed by atoms with van der Waals surface area (Å²) in [5.41, 5.74) is -0.662. The predicted molar refractivity (Wildman–Crippen MR) is 94.4 cm³/mol. The van der Waals surface area contributed by atoms with Crippen LogP contribution in [0.5, 0.6) is 0 Å². The van der Waals surface area contributed by atoms with Crippen LogP contribution in [0.2, 0.25) is 0 Å². The van der Waals surface area contributed by atoms with Crippen molar-refractivity contribution < 1.29 is 18.8 Å². The molecule has 1 saturated heterocycles. The van der Waals surface area contributed by atoms with E-state index in [4.69, 9.17) is 4.42 Å². The van der Waals surface area contributed by atoms with Crippen LogP contribution in [-0.4, -0.2) is 46.7 Å². The molecule has 0 aliphatic carbocycles. The number of hydrogen-bond acceptors (Lipinski definition) is 6. The molecule has 4 amide bonds. The van der Waals surface area contributed by atoms with Crippen molar-refractivity contribution in [2.45, 2.75) is 32.4 Å². The van der Waals surface area contributed by atoms with Crippen molar-refractivity contribution in [3.63, 3.8) is 0 Å². The second-order valence-electron chi connectivity index (χ2n) is 6.55. The Morgan fingerprint density at radius 2 is 2.12 bits per heavy atom. The zero-order valence-corrected chi connectivity index (χ0v) is 15.8. The van der Waals surface area contributed by atoms with E-state index in [0.717, 1.165) is 4.90 Å². The maximum Gasteiger partial charge on any atom is 0.325 e. The molecule has 2 aromatic heterocycles. The molecule has 3 rings (SSSR count). The zero-order chi connectivity index (χ0) is 19.1. The normalized spacial score (nSPS) is 19.8. The smallest absolute Gasteiger partial charge is 0.325 e. The Bertz CT molecular complexity index is 872. The van der Waals surface area contributed by atoms with Crippen molar-refractivity contribution in [1.82, 2.24) is 20.1 Å². The summed E-state index contributed by atoms with van der Waals surface area (Å²) < 4.78 is 5.54. The molecule has 26 heavy (non-hydrogen) atoms. The maximum atomic E-state index is 12.8. The van der Waals surface area contributed by atoms with E-state index >= 15 is 0 Å². The Morgan fingerprint density at radius 3 is 2.73 bits per heavy atom. The van der Waals surface area contributed by atoms with E-state index in [0.29, 0.717) is 22.2 Å². The van der Waals surface area contributed by atoms with Gasteiger partial charge in [0, 0.05) is 19.5 Å². The molecule has 1 aliphatic rings. The topological polar surface area (TPSA) is 95.8 Å². The lowest BCUT2D eigenvalue weighted by Crippen LogP contribution is -2.40. The summed E-state index contributed by atoms with van der Waals surface area (Å²) in [6.07, 6.45) is 0.196. The number of amides is 4. The Labute approximate surface area is 154 Å². The van der Waals surface area contributed by atoms with E-state index in [1.807, 2.05) is 0 Å². The first kappa shape index (κ1) is 18.1. The van der Waals surface area contributed by atoms with E-state index in [-0.39, 0.29) is 18.9 Å². The number of rotatable bonds is 5. The number of carbonyl (C=O) groups is 3. The van der Waals surface area contributed by atoms with Crippen LogP contribution in [0.1, 0.15) is 29.1 Å². The van der Waals surface area contributed by atoms with Crippen LogP contribution in [0, 0.1) is 6.92 Å². The summed E-state index contributed by atoms with van der Waals surface area (Å²) in [5, 5.41) is 5.10. The quantitative estimate of drug-likeness (QED) is 0.801. The van der Waals surface area contributed by atoms with Crippen LogP contribution in [0.25, 0.3) is 0 Å². The number of aryl methyl sites for hydroxylation is 1. The van der Waals surface area contributed by atoms with Gasteiger partial charge in [-0.2, -0.15) is 0 Å². The molecule has 1 atom stereocenters. The van der Waals surface area contributed by atoms with E-state index in [1.165, 1.54) is 16.2 Å². The van der Waals surface area contributed by atoms with Gasteiger partial charge < -0.3 is 14.6 Å². The van der Waals surface area contributed by atoms with Crippen molar-refractivity contribution in [3.8, 4) is 0 Å². The monoisotopic (exact) mass is 376 g/mol. The molecule has 1 unspecified atom stereocenters. The maximum absolute atomic E-state index is 12.8. The Kier molecular flexibility index (Phi) is 4.57. The third-order valence-electron chi connectivity index (χ3n) is 4.23. The lowest BCUT2D eigenvalue weighted by atomic mass is 9.99. The number of imide groups is 1. The van der Waals surface area contributed by atoms with Gasteiger partial charge in [0.1, 0.15) is 16.5 Å². The van der Waals surface area contributed by atoms with Gasteiger partial charge in [-0.1, -0.05) is 0 Å². The number of hydrogen-bond donors (Lipinski definition) is 1. The number of nitrogens with zero attached hydrogens (tertiary/aromatic N) is 3. The van der Waals surface area contributed by atoms with E-state index in [9.17, 15) is 14.4 Å². The molecule has 1 aliphatic heterocycles. The minimum atomic E-state index is -1.23. The van der Waals surface area contributed by atoms with Gasteiger partial charge in [-0.15, -0.1) is 11.3 Å². The van der Waals surface area contributed by atoms with Gasteiger partial charge in [-0.25, -0.2) is 9.78 Å². The number of nitrogens with one attached hydrogen (secondary N) is 1. The van der Waals surface area contributed by atoms with Gasteiger partial charge in [0.2, 0.25) is 5.91 Å². The number of carbonyl (C=O) groups excluding carboxylic acids is 3. The second kappa shape index (κ2) is 6.56. The summed E-state index contributed by atoms with van der Waals surface area (Å²) in [6, 6.07) is 2.94. The Hall–Kier alpha value is -2.68. The molecular weight excluding hydrogens is 356 g/mol. The lowest BCUT2D eigenvalue weighted by Gasteiger charge is -2.18. The minimum absolute atomic E-state index is 0.0482. The molecule has 138 valence electrons. The number of thiazole rings is 1. The van der Waals surface area contributed by atoms with Gasteiger partial charge in [-0.3, -0.25) is 14.5 Å². The van der Waals surface area contributed by atoms with Crippen LogP contribution in [0.4, 0.5) is 4.79 Å². The largest absolute Gasteiger partial charge is 0.463 e. The molecular formula is C17H20N4O4S. The summed E-state index contributed by atoms with van der Waals surface area (Å²) >= 11 is 1.33. The average molecular weight is 376 g/mol. The Morgan fingerprint density at radius 1 is 1.38 bits per heavy atom. The zero-order valence-electron chi connectivity index (χ0n) is 15.0. The fourth-order valence-electron chi connectivity index (χ4n) is 2.66. The Balaban J connectivity index is 1.74. The first-order valence-corrected chi connectivity index (χ1v) is 8.93. The van der Waals surface area contributed by atoms with Gasteiger partial charge in [0.05, 0.1) is 18.7 Å². The van der Waals surface area contributed by atoms with Gasteiger partial charge in [-0.05, 0) is 26.0 Å². The van der Waals surface area contributed by atoms with Gasteiger partial charge in [0.15, 0.2) is 5.54 Å². The number of furan rings is 1. The van der Waals surface area contributed by atoms with Crippen molar-refractivity contribution in [3.05, 3.63) is 39.7 Å². The molecule has 0 spiro atoms. The molecule has 0 saturated carbocycles. The number of aromatic nitrogens is 1. The van der Waals surface area contributed by atoms with Crippen LogP contribution < -0.4 is 5.32 Å². The molecule has 3 heterocycles. The molecule has 1 N–H and O–H groups in total. The highest BCUT2D eigenvalue weighted by Gasteiger charge is 2.51. The first-order valence-electron chi connectivity index (χ1n) is 8.05. The van der Waals surface area contributed by atoms with Crippen molar-refractivity contribution in [1.29, 1.82) is 0 Å². The molecule has 0 aromatic carbocycles. The SMILES string of the molecule is Cc1ccc(C2(C)NC(=O)N(Cc3csc(CC(=O)N(C)C)n3)C2=O)o1. The average Bonchev–Trinajstić information content (AvgIpc) is 3.24. The van der Waals surface area contributed by atoms with Crippen LogP contribution in [0.15, 0.2) is 21.9 Å². The minimum Gasteiger partial charge on any atom is -0.463 e. The summed E-state index contributed by atoms with van der Waals surface area (Å²) in [5.74, 6) is 0.611. The first-order chi connectivity index (χ1) is 12.2. The van der Waals surface area contributed by atoms with Crippen molar-refractivity contribution in [2.24, 2.45) is 0 Å². The summed E-state index contributed by atoms with van der Waals surface area (Å²) in [6.45, 7) is 3.44. The highest BCUT2D eigenvalue weighted by molar-refractivity contribution is 7.09. The highest BCUT2D eigenvalue weighted by atomic mass is 32.1. The summed E-state index contributed by atoms with van der Waals surface area (Å²) in [7, 11) is 3.36. The predicted octanol–water partition coefficient (Wildman–Crippen LogP) is 1.64. The third-order valence-corrected chi connectivity index (χ3v) is 5.13. The van der Waals surface area contributed by atoms with Gasteiger partial charge >= 0.3 is 6.03 Å². The molecule has 9 heteroatoms. The fourth-order valence-corrected chi connectivity index (χ4v) is 3.44. The van der Waals surface area contributed by atoms with Crippen LogP contribution in [0.3, 0.4) is 0 Å². The lowest BCUT2D eigenvalue weighted by molar-refractivity contribution is -0.132. The molecule has 0 radical (unpaired) electrons. The number of urea groups is 1.